The molecule has 0 rings (SSSR count). The van der Waals surface area contributed by atoms with Crippen molar-refractivity contribution >= 4 is 5.78 Å². The minimum atomic E-state index is -0.276. The fourth-order valence-electron chi connectivity index (χ4n) is 0.881. The first-order valence-electron chi connectivity index (χ1n) is 4.28. The summed E-state index contributed by atoms with van der Waals surface area (Å²) in [6, 6.07) is 0. The Kier molecular flexibility index (Phi) is 5.77. The molecule has 0 bridgehead atoms. The quantitative estimate of drug-likeness (QED) is 0.362. The minimum absolute atomic E-state index is 0.00912. The third-order valence-electron chi connectivity index (χ3n) is 1.64. The molecule has 0 saturated carbocycles. The first-order chi connectivity index (χ1) is 6.11. The molecule has 0 fully saturated rings. The van der Waals surface area contributed by atoms with E-state index >= 15 is 0 Å². The average molecular weight is 182 g/mol. The number of ketones is 1. The van der Waals surface area contributed by atoms with E-state index in [2.05, 4.69) is 6.58 Å². The second-order valence-electron chi connectivity index (χ2n) is 2.71. The maximum absolute atomic E-state index is 12.8. The van der Waals surface area contributed by atoms with Crippen molar-refractivity contribution in [3.63, 3.8) is 0 Å². The molecule has 0 N–H and O–H groups in total. The smallest absolute Gasteiger partial charge is 0.155 e. The lowest BCUT2D eigenvalue weighted by Crippen LogP contribution is -1.93. The highest BCUT2D eigenvalue weighted by Crippen LogP contribution is 2.07. The Morgan fingerprint density at radius 3 is 2.46 bits per heavy atom. The van der Waals surface area contributed by atoms with Crippen LogP contribution in [0, 0.1) is 0 Å². The summed E-state index contributed by atoms with van der Waals surface area (Å²) in [6.45, 7) is 6.76. The molecule has 0 radical (unpaired) electrons. The van der Waals surface area contributed by atoms with Crippen LogP contribution in [-0.4, -0.2) is 5.78 Å². The topological polar surface area (TPSA) is 17.1 Å². The molecular formula is C11H15FO. The summed E-state index contributed by atoms with van der Waals surface area (Å²) >= 11 is 0. The molecule has 0 aromatic rings. The number of hydrogen-bond acceptors (Lipinski definition) is 1. The predicted molar refractivity (Wildman–Crippen MR) is 53.1 cm³/mol. The van der Waals surface area contributed by atoms with E-state index in [-0.39, 0.29) is 18.0 Å². The number of carbonyl (C=O) groups excluding carboxylic acids is 1. The second-order valence-corrected chi connectivity index (χ2v) is 2.71. The van der Waals surface area contributed by atoms with Gasteiger partial charge in [-0.15, -0.1) is 6.58 Å². The molecule has 13 heavy (non-hydrogen) atoms. The van der Waals surface area contributed by atoms with Gasteiger partial charge in [-0.1, -0.05) is 19.1 Å². The van der Waals surface area contributed by atoms with Crippen molar-refractivity contribution in [2.45, 2.75) is 26.7 Å². The van der Waals surface area contributed by atoms with E-state index in [9.17, 15) is 9.18 Å². The van der Waals surface area contributed by atoms with Crippen molar-refractivity contribution in [1.82, 2.24) is 0 Å². The molecule has 2 heteroatoms. The molecule has 1 nitrogen and oxygen atoms in total. The normalized spacial score (nSPS) is 12.8. The zero-order chi connectivity index (χ0) is 10.3. The molecule has 72 valence electrons. The first-order valence-corrected chi connectivity index (χ1v) is 4.28. The lowest BCUT2D eigenvalue weighted by atomic mass is 10.1. The summed E-state index contributed by atoms with van der Waals surface area (Å²) in [4.78, 5) is 10.9. The van der Waals surface area contributed by atoms with Gasteiger partial charge in [-0.2, -0.15) is 0 Å². The zero-order valence-electron chi connectivity index (χ0n) is 8.14. The number of halogens is 1. The van der Waals surface area contributed by atoms with Crippen molar-refractivity contribution < 1.29 is 9.18 Å². The van der Waals surface area contributed by atoms with E-state index in [1.54, 1.807) is 0 Å². The van der Waals surface area contributed by atoms with E-state index in [0.29, 0.717) is 12.0 Å². The highest BCUT2D eigenvalue weighted by atomic mass is 19.1. The minimum Gasteiger partial charge on any atom is -0.295 e. The molecule has 0 aromatic carbocycles. The van der Waals surface area contributed by atoms with Gasteiger partial charge >= 0.3 is 0 Å². The first kappa shape index (κ1) is 11.8. The number of hydrogen-bond donors (Lipinski definition) is 0. The summed E-state index contributed by atoms with van der Waals surface area (Å²) in [7, 11) is 0. The Bertz CT molecular complexity index is 249. The van der Waals surface area contributed by atoms with Crippen LogP contribution in [0.15, 0.2) is 36.2 Å². The van der Waals surface area contributed by atoms with Crippen molar-refractivity contribution in [2.24, 2.45) is 0 Å². The Morgan fingerprint density at radius 2 is 2.08 bits per heavy atom. The van der Waals surface area contributed by atoms with Gasteiger partial charge in [0.2, 0.25) is 0 Å². The third kappa shape index (κ3) is 5.12. The van der Waals surface area contributed by atoms with E-state index in [1.165, 1.54) is 25.2 Å². The number of Topliss-reactive ketones (excluding diaryl/α,β-unsaturated/α-hetero) is 1. The Labute approximate surface area is 78.6 Å². The molecule has 0 atom stereocenters. The molecular weight excluding hydrogens is 167 g/mol. The Hall–Kier alpha value is -1.18. The van der Waals surface area contributed by atoms with Gasteiger partial charge in [0, 0.05) is 6.42 Å². The number of allylic oxidation sites excluding steroid dienone is 5. The van der Waals surface area contributed by atoms with Crippen LogP contribution in [0.1, 0.15) is 26.7 Å². The maximum Gasteiger partial charge on any atom is 0.155 e. The van der Waals surface area contributed by atoms with Crippen LogP contribution in [0.3, 0.4) is 0 Å². The summed E-state index contributed by atoms with van der Waals surface area (Å²) < 4.78 is 12.8. The van der Waals surface area contributed by atoms with Crippen LogP contribution in [0.5, 0.6) is 0 Å². The Balaban J connectivity index is 4.44. The highest BCUT2D eigenvalue weighted by Gasteiger charge is 1.98. The lowest BCUT2D eigenvalue weighted by Gasteiger charge is -1.95. The molecule has 0 aliphatic carbocycles. The average Bonchev–Trinajstić information content (AvgIpc) is 2.05. The summed E-state index contributed by atoms with van der Waals surface area (Å²) in [5.41, 5.74) is 0.638. The van der Waals surface area contributed by atoms with Crippen LogP contribution in [0.25, 0.3) is 0 Å². The third-order valence-corrected chi connectivity index (χ3v) is 1.64. The maximum atomic E-state index is 12.8. The molecule has 0 heterocycles. The number of carbonyl (C=O) groups is 1. The molecule has 0 unspecified atom stereocenters. The van der Waals surface area contributed by atoms with E-state index in [1.807, 2.05) is 6.92 Å². The van der Waals surface area contributed by atoms with Gasteiger partial charge in [-0.3, -0.25) is 4.79 Å². The highest BCUT2D eigenvalue weighted by molar-refractivity contribution is 5.93. The molecule has 0 saturated heterocycles. The lowest BCUT2D eigenvalue weighted by molar-refractivity contribution is -0.113. The largest absolute Gasteiger partial charge is 0.295 e. The van der Waals surface area contributed by atoms with E-state index in [4.69, 9.17) is 0 Å². The molecule has 0 aliphatic heterocycles. The molecule has 0 aromatic heterocycles. The van der Waals surface area contributed by atoms with Crippen molar-refractivity contribution in [3.05, 3.63) is 36.2 Å². The van der Waals surface area contributed by atoms with Gasteiger partial charge in [-0.05, 0) is 25.0 Å². The predicted octanol–water partition coefficient (Wildman–Crippen LogP) is 3.34. The SMILES string of the molecule is C=CC/C(F)=C\C=C(/CC)C(C)=O. The van der Waals surface area contributed by atoms with Crippen LogP contribution in [0.4, 0.5) is 4.39 Å². The van der Waals surface area contributed by atoms with Gasteiger partial charge in [-0.25, -0.2) is 4.39 Å². The molecule has 0 amide bonds. The standard InChI is InChI=1S/C11H15FO/c1-4-6-11(12)8-7-10(5-2)9(3)13/h4,7-8H,1,5-6H2,2-3H3/b10-7+,11-8+. The fraction of sp³-hybridized carbons (Fsp3) is 0.364. The van der Waals surface area contributed by atoms with Gasteiger partial charge in [0.25, 0.3) is 0 Å². The monoisotopic (exact) mass is 182 g/mol. The van der Waals surface area contributed by atoms with Gasteiger partial charge in [0.15, 0.2) is 5.78 Å². The van der Waals surface area contributed by atoms with Gasteiger partial charge in [0.05, 0.1) is 0 Å². The molecule has 0 aliphatic rings. The summed E-state index contributed by atoms with van der Waals surface area (Å²) in [5, 5.41) is 0. The van der Waals surface area contributed by atoms with Crippen LogP contribution in [0.2, 0.25) is 0 Å². The fourth-order valence-corrected chi connectivity index (χ4v) is 0.881. The Morgan fingerprint density at radius 1 is 1.46 bits per heavy atom. The summed E-state index contributed by atoms with van der Waals surface area (Å²) in [6.07, 6.45) is 5.18. The van der Waals surface area contributed by atoms with E-state index in [0.717, 1.165) is 0 Å². The van der Waals surface area contributed by atoms with E-state index < -0.39 is 0 Å². The van der Waals surface area contributed by atoms with Crippen molar-refractivity contribution in [1.29, 1.82) is 0 Å². The van der Waals surface area contributed by atoms with Crippen LogP contribution in [-0.2, 0) is 4.79 Å². The summed E-state index contributed by atoms with van der Waals surface area (Å²) in [5.74, 6) is -0.285. The molecule has 0 spiro atoms. The van der Waals surface area contributed by atoms with Crippen LogP contribution >= 0.6 is 0 Å². The second kappa shape index (κ2) is 6.35. The number of rotatable bonds is 5. The van der Waals surface area contributed by atoms with Crippen molar-refractivity contribution in [2.75, 3.05) is 0 Å². The van der Waals surface area contributed by atoms with Gasteiger partial charge < -0.3 is 0 Å². The van der Waals surface area contributed by atoms with Crippen molar-refractivity contribution in [3.8, 4) is 0 Å². The van der Waals surface area contributed by atoms with Crippen LogP contribution < -0.4 is 0 Å². The van der Waals surface area contributed by atoms with Gasteiger partial charge in [0.1, 0.15) is 5.83 Å². The zero-order valence-corrected chi connectivity index (χ0v) is 8.14.